The van der Waals surface area contributed by atoms with Crippen molar-refractivity contribution < 1.29 is 15.3 Å². The molecule has 0 saturated heterocycles. The molecule has 0 amide bonds. The van der Waals surface area contributed by atoms with Gasteiger partial charge in [0.15, 0.2) is 5.82 Å². The summed E-state index contributed by atoms with van der Waals surface area (Å²) in [5, 5.41) is 30.6. The highest BCUT2D eigenvalue weighted by Crippen LogP contribution is 2.30. The van der Waals surface area contributed by atoms with Gasteiger partial charge in [0, 0.05) is 0 Å². The summed E-state index contributed by atoms with van der Waals surface area (Å²) >= 11 is 11.7. The van der Waals surface area contributed by atoms with Crippen LogP contribution in [0, 0.1) is 0 Å². The summed E-state index contributed by atoms with van der Waals surface area (Å²) in [5.74, 6) is 5.52. The maximum Gasteiger partial charge on any atom is 0.161 e. The summed E-state index contributed by atoms with van der Waals surface area (Å²) in [7, 11) is 0. The van der Waals surface area contributed by atoms with Gasteiger partial charge in [0.1, 0.15) is 11.4 Å². The van der Waals surface area contributed by atoms with E-state index >= 15 is 0 Å². The zero-order valence-electron chi connectivity index (χ0n) is 9.32. The zero-order valence-corrected chi connectivity index (χ0v) is 10.8. The van der Waals surface area contributed by atoms with E-state index in [9.17, 15) is 15.3 Å². The normalized spacial score (nSPS) is 11.4. The topological polar surface area (TPSA) is 124 Å². The molecule has 18 heavy (non-hydrogen) atoms. The molecule has 9 heteroatoms. The van der Waals surface area contributed by atoms with Crippen molar-refractivity contribution >= 4 is 34.8 Å². The maximum absolute atomic E-state index is 9.19. The Morgan fingerprint density at radius 1 is 1.11 bits per heavy atom. The molecule has 0 bridgehead atoms. The van der Waals surface area contributed by atoms with Gasteiger partial charge in [-0.1, -0.05) is 23.2 Å². The van der Waals surface area contributed by atoms with E-state index < -0.39 is 25.4 Å². The molecule has 1 rings (SSSR count). The molecule has 1 aromatic heterocycles. The molecular weight excluding hydrogens is 283 g/mol. The Bertz CT molecular complexity index is 407. The number of rotatable bonds is 6. The Morgan fingerprint density at radius 3 is 2.06 bits per heavy atom. The summed E-state index contributed by atoms with van der Waals surface area (Å²) in [6, 6.07) is 1.39. The highest BCUT2D eigenvalue weighted by molar-refractivity contribution is 6.37. The molecule has 0 fully saturated rings. The fraction of sp³-hybridized carbons (Fsp3) is 0.444. The molecule has 0 aliphatic rings. The molecule has 7 nitrogen and oxygen atoms in total. The molecule has 0 aliphatic heterocycles. The number of anilines is 2. The lowest BCUT2D eigenvalue weighted by atomic mass is 10.0. The monoisotopic (exact) mass is 296 g/mol. The number of nitrogens with one attached hydrogen (secondary N) is 2. The second kappa shape index (κ2) is 6.37. The van der Waals surface area contributed by atoms with Gasteiger partial charge < -0.3 is 26.1 Å². The van der Waals surface area contributed by atoms with Crippen molar-refractivity contribution in [1.82, 2.24) is 4.98 Å². The van der Waals surface area contributed by atoms with E-state index in [4.69, 9.17) is 29.0 Å². The average molecular weight is 297 g/mol. The highest BCUT2D eigenvalue weighted by atomic mass is 35.5. The number of pyridine rings is 1. The third-order valence-electron chi connectivity index (χ3n) is 2.36. The number of hydrogen-bond donors (Lipinski definition) is 6. The van der Waals surface area contributed by atoms with E-state index in [-0.39, 0.29) is 21.7 Å². The molecule has 1 heterocycles. The second-order valence-electron chi connectivity index (χ2n) is 3.67. The van der Waals surface area contributed by atoms with Crippen LogP contribution in [0.15, 0.2) is 6.07 Å². The first-order valence-electron chi connectivity index (χ1n) is 4.95. The van der Waals surface area contributed by atoms with Crippen molar-refractivity contribution in [2.45, 2.75) is 5.54 Å². The van der Waals surface area contributed by atoms with Crippen molar-refractivity contribution in [3.05, 3.63) is 16.1 Å². The van der Waals surface area contributed by atoms with Gasteiger partial charge in [0.05, 0.1) is 29.9 Å². The third kappa shape index (κ3) is 3.14. The predicted octanol–water partition coefficient (Wildman–Crippen LogP) is -0.198. The van der Waals surface area contributed by atoms with Crippen LogP contribution in [0.4, 0.5) is 11.6 Å². The van der Waals surface area contributed by atoms with Crippen LogP contribution in [-0.4, -0.2) is 45.7 Å². The van der Waals surface area contributed by atoms with Gasteiger partial charge in [-0.3, -0.25) is 0 Å². The lowest BCUT2D eigenvalue weighted by Crippen LogP contribution is -2.49. The number of nitrogens with zero attached hydrogens (tertiary/aromatic N) is 1. The number of aliphatic hydroxyl groups excluding tert-OH is 3. The van der Waals surface area contributed by atoms with Crippen molar-refractivity contribution in [3.63, 3.8) is 0 Å². The number of hydrazine groups is 1. The van der Waals surface area contributed by atoms with Crippen LogP contribution in [0.1, 0.15) is 0 Å². The van der Waals surface area contributed by atoms with Gasteiger partial charge in [-0.15, -0.1) is 0 Å². The Balaban J connectivity index is 3.10. The van der Waals surface area contributed by atoms with E-state index in [1.165, 1.54) is 6.07 Å². The van der Waals surface area contributed by atoms with Crippen molar-refractivity contribution in [2.24, 2.45) is 5.84 Å². The Morgan fingerprint density at radius 2 is 1.61 bits per heavy atom. The standard InChI is InChI=1S/C9H14Cl2N4O3/c10-5-1-6(11)8(15-12)13-7(5)14-9(2-16,3-17)4-18/h1,16-18H,2-4,12H2,(H2,13,14,15). The highest BCUT2D eigenvalue weighted by Gasteiger charge is 2.29. The van der Waals surface area contributed by atoms with Crippen molar-refractivity contribution in [2.75, 3.05) is 30.6 Å². The lowest BCUT2D eigenvalue weighted by molar-refractivity contribution is 0.0831. The lowest BCUT2D eigenvalue weighted by Gasteiger charge is -2.29. The maximum atomic E-state index is 9.19. The van der Waals surface area contributed by atoms with Gasteiger partial charge >= 0.3 is 0 Å². The molecular formula is C9H14Cl2N4O3. The predicted molar refractivity (Wildman–Crippen MR) is 69.7 cm³/mol. The molecule has 102 valence electrons. The fourth-order valence-corrected chi connectivity index (χ4v) is 1.64. The van der Waals surface area contributed by atoms with E-state index in [1.807, 2.05) is 0 Å². The molecule has 1 aromatic rings. The van der Waals surface area contributed by atoms with E-state index in [0.29, 0.717) is 0 Å². The van der Waals surface area contributed by atoms with Gasteiger partial charge in [-0.2, -0.15) is 0 Å². The molecule has 7 N–H and O–H groups in total. The summed E-state index contributed by atoms with van der Waals surface area (Å²) in [6.45, 7) is -1.52. The van der Waals surface area contributed by atoms with Crippen molar-refractivity contribution in [1.29, 1.82) is 0 Å². The van der Waals surface area contributed by atoms with Crippen LogP contribution in [-0.2, 0) is 0 Å². The second-order valence-corrected chi connectivity index (χ2v) is 4.49. The van der Waals surface area contributed by atoms with E-state index in [1.54, 1.807) is 0 Å². The Kier molecular flexibility index (Phi) is 5.39. The third-order valence-corrected chi connectivity index (χ3v) is 2.93. The first-order valence-corrected chi connectivity index (χ1v) is 5.71. The van der Waals surface area contributed by atoms with Crippen LogP contribution >= 0.6 is 23.2 Å². The minimum atomic E-state index is -1.34. The van der Waals surface area contributed by atoms with Gasteiger partial charge in [-0.25, -0.2) is 10.8 Å². The van der Waals surface area contributed by atoms with E-state index in [0.717, 1.165) is 0 Å². The summed E-state index contributed by atoms with van der Waals surface area (Å²) in [6.07, 6.45) is 0. The summed E-state index contributed by atoms with van der Waals surface area (Å²) < 4.78 is 0. The van der Waals surface area contributed by atoms with Crippen molar-refractivity contribution in [3.8, 4) is 0 Å². The number of nitrogen functional groups attached to an aromatic ring is 1. The van der Waals surface area contributed by atoms with E-state index in [2.05, 4.69) is 15.7 Å². The SMILES string of the molecule is NNc1nc(NC(CO)(CO)CO)c(Cl)cc1Cl. The van der Waals surface area contributed by atoms with Gasteiger partial charge in [0.2, 0.25) is 0 Å². The first kappa shape index (κ1) is 15.2. The largest absolute Gasteiger partial charge is 0.394 e. The zero-order chi connectivity index (χ0) is 13.8. The number of halogens is 2. The Labute approximate surface area is 114 Å². The van der Waals surface area contributed by atoms with Crippen LogP contribution < -0.4 is 16.6 Å². The smallest absolute Gasteiger partial charge is 0.161 e. The fourth-order valence-electron chi connectivity index (χ4n) is 1.18. The molecule has 0 atom stereocenters. The first-order chi connectivity index (χ1) is 8.51. The van der Waals surface area contributed by atoms with Crippen LogP contribution in [0.5, 0.6) is 0 Å². The number of hydrogen-bond acceptors (Lipinski definition) is 7. The minimum Gasteiger partial charge on any atom is -0.394 e. The van der Waals surface area contributed by atoms with Crippen LogP contribution in [0.25, 0.3) is 0 Å². The average Bonchev–Trinajstić information content (AvgIpc) is 2.38. The number of nitrogens with two attached hydrogens (primary N) is 1. The van der Waals surface area contributed by atoms with Crippen LogP contribution in [0.2, 0.25) is 10.0 Å². The molecule has 0 saturated carbocycles. The molecule has 0 unspecified atom stereocenters. The van der Waals surface area contributed by atoms with Gasteiger partial charge in [0.25, 0.3) is 0 Å². The minimum absolute atomic E-state index is 0.131. The number of aromatic nitrogens is 1. The Hall–Kier alpha value is -0.830. The molecule has 0 spiro atoms. The van der Waals surface area contributed by atoms with Crippen LogP contribution in [0.3, 0.4) is 0 Å². The quantitative estimate of drug-likeness (QED) is 0.317. The van der Waals surface area contributed by atoms with Gasteiger partial charge in [-0.05, 0) is 6.07 Å². The molecule has 0 aliphatic carbocycles. The number of aliphatic hydroxyl groups is 3. The molecule has 0 radical (unpaired) electrons. The molecule has 0 aromatic carbocycles. The summed E-state index contributed by atoms with van der Waals surface area (Å²) in [5.41, 5.74) is 0.937. The summed E-state index contributed by atoms with van der Waals surface area (Å²) in [4.78, 5) is 3.97.